The highest BCUT2D eigenvalue weighted by Gasteiger charge is 2.22. The van der Waals surface area contributed by atoms with Crippen molar-refractivity contribution < 1.29 is 18.7 Å². The molecule has 1 aromatic carbocycles. The lowest BCUT2D eigenvalue weighted by Gasteiger charge is -2.27. The molecular weight excluding hydrogens is 557 g/mol. The SMILES string of the molecule is CC.CC.CCCC/C(=C\c1nccc(Oc2ccc(N)cc2F)c1C)c1ccc(CN(CCN)C(=O)OC(C)(C)C)cn1. The predicted octanol–water partition coefficient (Wildman–Crippen LogP) is 8.78. The van der Waals surface area contributed by atoms with E-state index in [1.54, 1.807) is 29.4 Å². The molecule has 2 heterocycles. The first-order chi connectivity index (χ1) is 21.0. The second-order valence-corrected chi connectivity index (χ2v) is 10.6. The fourth-order valence-corrected chi connectivity index (χ4v) is 3.96. The lowest BCUT2D eigenvalue weighted by molar-refractivity contribution is 0.0239. The summed E-state index contributed by atoms with van der Waals surface area (Å²) in [4.78, 5) is 23.5. The summed E-state index contributed by atoms with van der Waals surface area (Å²) in [6.45, 7) is 18.6. The van der Waals surface area contributed by atoms with Gasteiger partial charge in [0.2, 0.25) is 0 Å². The number of nitrogen functional groups attached to an aromatic ring is 1. The van der Waals surface area contributed by atoms with Crippen molar-refractivity contribution in [1.29, 1.82) is 0 Å². The van der Waals surface area contributed by atoms with Crippen molar-refractivity contribution in [3.05, 3.63) is 77.1 Å². The van der Waals surface area contributed by atoms with Gasteiger partial charge in [-0.2, -0.15) is 0 Å². The molecule has 9 heteroatoms. The van der Waals surface area contributed by atoms with E-state index in [1.807, 2.05) is 73.6 Å². The number of nitrogens with two attached hydrogens (primary N) is 2. The third kappa shape index (κ3) is 12.3. The first-order valence-corrected chi connectivity index (χ1v) is 15.5. The second kappa shape index (κ2) is 19.3. The Labute approximate surface area is 263 Å². The van der Waals surface area contributed by atoms with Crippen LogP contribution >= 0.6 is 0 Å². The highest BCUT2D eigenvalue weighted by Crippen LogP contribution is 2.31. The monoisotopic (exact) mass is 609 g/mol. The minimum absolute atomic E-state index is 0.0944. The van der Waals surface area contributed by atoms with Gasteiger partial charge in [-0.1, -0.05) is 47.1 Å². The Hall–Kier alpha value is -3.98. The fraction of sp³-hybridized carbons (Fsp3) is 0.457. The molecule has 0 fully saturated rings. The van der Waals surface area contributed by atoms with Crippen molar-refractivity contribution in [1.82, 2.24) is 14.9 Å². The molecule has 0 aliphatic rings. The molecule has 2 aromatic heterocycles. The summed E-state index contributed by atoms with van der Waals surface area (Å²) >= 11 is 0. The minimum Gasteiger partial charge on any atom is -0.454 e. The van der Waals surface area contributed by atoms with Crippen LogP contribution in [0.4, 0.5) is 14.9 Å². The molecule has 0 radical (unpaired) electrons. The van der Waals surface area contributed by atoms with Gasteiger partial charge in [-0.15, -0.1) is 0 Å². The topological polar surface area (TPSA) is 117 Å². The lowest BCUT2D eigenvalue weighted by atomic mass is 10.0. The number of carbonyl (C=O) groups is 1. The van der Waals surface area contributed by atoms with Crippen molar-refractivity contribution in [3.63, 3.8) is 0 Å². The number of unbranched alkanes of at least 4 members (excludes halogenated alkanes) is 1. The standard InChI is InChI=1S/C31H40FN5O3.2C2H6/c1-6-7-8-23(17-27-21(2)28(13-15-35-27)39-29-12-10-24(34)18-25(29)32)26-11-9-22(19-36-26)20-37(16-14-33)30(38)40-31(3,4)5;2*1-2/h9-13,15,17-19H,6-8,14,16,20,33-34H2,1-5H3;2*1-2H3/b23-17+;;. The zero-order chi connectivity index (χ0) is 33.3. The van der Waals surface area contributed by atoms with E-state index < -0.39 is 17.5 Å². The van der Waals surface area contributed by atoms with Crippen molar-refractivity contribution >= 4 is 23.4 Å². The first-order valence-electron chi connectivity index (χ1n) is 15.5. The van der Waals surface area contributed by atoms with E-state index in [0.29, 0.717) is 36.8 Å². The molecule has 0 saturated carbocycles. The molecule has 0 bridgehead atoms. The average Bonchev–Trinajstić information content (AvgIpc) is 2.99. The van der Waals surface area contributed by atoms with E-state index in [9.17, 15) is 9.18 Å². The number of hydrogen-bond acceptors (Lipinski definition) is 7. The van der Waals surface area contributed by atoms with Crippen LogP contribution in [0.2, 0.25) is 0 Å². The van der Waals surface area contributed by atoms with Crippen LogP contribution in [-0.2, 0) is 11.3 Å². The molecule has 3 rings (SSSR count). The molecule has 8 nitrogen and oxygen atoms in total. The largest absolute Gasteiger partial charge is 0.454 e. The molecule has 0 aliphatic carbocycles. The number of halogens is 1. The summed E-state index contributed by atoms with van der Waals surface area (Å²) in [5, 5.41) is 0. The number of carbonyl (C=O) groups excluding carboxylic acids is 1. The number of benzene rings is 1. The number of anilines is 1. The normalized spacial score (nSPS) is 11.0. The van der Waals surface area contributed by atoms with E-state index in [2.05, 4.69) is 11.9 Å². The number of amides is 1. The summed E-state index contributed by atoms with van der Waals surface area (Å²) in [7, 11) is 0. The van der Waals surface area contributed by atoms with Gasteiger partial charge in [0.05, 0.1) is 17.9 Å². The zero-order valence-corrected chi connectivity index (χ0v) is 28.0. The van der Waals surface area contributed by atoms with Crippen LogP contribution < -0.4 is 16.2 Å². The van der Waals surface area contributed by atoms with Crippen molar-refractivity contribution in [2.45, 2.75) is 93.7 Å². The van der Waals surface area contributed by atoms with Crippen LogP contribution in [0.3, 0.4) is 0 Å². The zero-order valence-electron chi connectivity index (χ0n) is 28.0. The summed E-state index contributed by atoms with van der Waals surface area (Å²) < 4.78 is 25.7. The van der Waals surface area contributed by atoms with Crippen LogP contribution in [0.1, 0.15) is 97.2 Å². The Bertz CT molecular complexity index is 1320. The second-order valence-electron chi connectivity index (χ2n) is 10.6. The fourth-order valence-electron chi connectivity index (χ4n) is 3.96. The number of aromatic nitrogens is 2. The van der Waals surface area contributed by atoms with E-state index in [1.165, 1.54) is 12.1 Å². The molecule has 3 aromatic rings. The molecular formula is C35H52FN5O3. The predicted molar refractivity (Wildman–Crippen MR) is 180 cm³/mol. The summed E-state index contributed by atoms with van der Waals surface area (Å²) in [5.41, 5.74) is 15.3. The maximum Gasteiger partial charge on any atom is 0.410 e. The maximum absolute atomic E-state index is 14.3. The Morgan fingerprint density at radius 2 is 1.75 bits per heavy atom. The number of ether oxygens (including phenoxy) is 2. The Balaban J connectivity index is 0.00000232. The van der Waals surface area contributed by atoms with Crippen molar-refractivity contribution in [3.8, 4) is 11.5 Å². The van der Waals surface area contributed by atoms with Gasteiger partial charge < -0.3 is 25.8 Å². The molecule has 0 unspecified atom stereocenters. The van der Waals surface area contributed by atoms with Crippen LogP contribution in [0, 0.1) is 12.7 Å². The van der Waals surface area contributed by atoms with Gasteiger partial charge >= 0.3 is 6.09 Å². The molecule has 4 N–H and O–H groups in total. The van der Waals surface area contributed by atoms with Gasteiger partial charge in [0.15, 0.2) is 11.6 Å². The van der Waals surface area contributed by atoms with Crippen molar-refractivity contribution in [2.24, 2.45) is 5.73 Å². The number of nitrogens with zero attached hydrogens (tertiary/aromatic N) is 3. The molecule has 44 heavy (non-hydrogen) atoms. The number of allylic oxidation sites excluding steroid dienone is 1. The smallest absolute Gasteiger partial charge is 0.410 e. The van der Waals surface area contributed by atoms with Crippen LogP contribution in [0.25, 0.3) is 11.6 Å². The highest BCUT2D eigenvalue weighted by atomic mass is 19.1. The maximum atomic E-state index is 14.3. The average molecular weight is 610 g/mol. The minimum atomic E-state index is -0.594. The van der Waals surface area contributed by atoms with E-state index in [4.69, 9.17) is 25.9 Å². The lowest BCUT2D eigenvalue weighted by Crippen LogP contribution is -2.39. The summed E-state index contributed by atoms with van der Waals surface area (Å²) in [6, 6.07) is 9.95. The molecule has 242 valence electrons. The summed E-state index contributed by atoms with van der Waals surface area (Å²) in [5.74, 6) is 0.0695. The quantitative estimate of drug-likeness (QED) is 0.209. The van der Waals surface area contributed by atoms with E-state index >= 15 is 0 Å². The molecule has 1 amide bonds. The number of hydrogen-bond donors (Lipinski definition) is 2. The highest BCUT2D eigenvalue weighted by molar-refractivity contribution is 5.80. The van der Waals surface area contributed by atoms with Crippen LogP contribution in [0.5, 0.6) is 11.5 Å². The number of pyridine rings is 2. The van der Waals surface area contributed by atoms with Gasteiger partial charge in [0.25, 0.3) is 0 Å². The molecule has 0 atom stereocenters. The molecule has 0 spiro atoms. The Kier molecular flexibility index (Phi) is 16.7. The van der Waals surface area contributed by atoms with Gasteiger partial charge in [0, 0.05) is 42.8 Å². The van der Waals surface area contributed by atoms with Crippen LogP contribution in [0.15, 0.2) is 48.8 Å². The van der Waals surface area contributed by atoms with E-state index in [0.717, 1.165) is 41.7 Å². The Morgan fingerprint density at radius 1 is 1.05 bits per heavy atom. The Morgan fingerprint density at radius 3 is 2.32 bits per heavy atom. The van der Waals surface area contributed by atoms with Gasteiger partial charge in [-0.25, -0.2) is 9.18 Å². The number of rotatable bonds is 11. The third-order valence-electron chi connectivity index (χ3n) is 6.06. The van der Waals surface area contributed by atoms with Gasteiger partial charge in [0.1, 0.15) is 11.4 Å². The van der Waals surface area contributed by atoms with Crippen molar-refractivity contribution in [2.75, 3.05) is 18.8 Å². The molecule has 0 saturated heterocycles. The molecule has 0 aliphatic heterocycles. The first kappa shape index (κ1) is 38.0. The van der Waals surface area contributed by atoms with Crippen LogP contribution in [-0.4, -0.2) is 39.7 Å². The third-order valence-corrected chi connectivity index (χ3v) is 6.06. The van der Waals surface area contributed by atoms with E-state index in [-0.39, 0.29) is 5.75 Å². The van der Waals surface area contributed by atoms with Gasteiger partial charge in [-0.05, 0) is 82.0 Å². The van der Waals surface area contributed by atoms with Gasteiger partial charge in [-0.3, -0.25) is 9.97 Å². The summed E-state index contributed by atoms with van der Waals surface area (Å²) in [6.07, 6.45) is 7.80.